The van der Waals surface area contributed by atoms with Crippen LogP contribution in [0.25, 0.3) is 11.1 Å². The molecule has 1 unspecified atom stereocenters. The van der Waals surface area contributed by atoms with E-state index in [0.717, 1.165) is 22.3 Å². The lowest BCUT2D eigenvalue weighted by Gasteiger charge is -2.22. The number of nitrogens with one attached hydrogen (secondary N) is 2. The zero-order valence-corrected chi connectivity index (χ0v) is 18.2. The number of carboxylic acid groups (broad SMARTS) is 1. The second-order valence-electron chi connectivity index (χ2n) is 8.01. The van der Waals surface area contributed by atoms with Crippen LogP contribution in [0.5, 0.6) is 0 Å². The summed E-state index contributed by atoms with van der Waals surface area (Å²) in [5.74, 6) is -1.92. The highest BCUT2D eigenvalue weighted by Gasteiger charge is 2.38. The topological polar surface area (TPSA) is 123 Å². The van der Waals surface area contributed by atoms with E-state index in [2.05, 4.69) is 22.8 Å². The quantitative estimate of drug-likeness (QED) is 0.557. The van der Waals surface area contributed by atoms with Crippen molar-refractivity contribution in [2.75, 3.05) is 26.9 Å². The highest BCUT2D eigenvalue weighted by Crippen LogP contribution is 2.44. The Hall–Kier alpha value is -3.43. The van der Waals surface area contributed by atoms with Crippen molar-refractivity contribution in [2.45, 2.75) is 30.5 Å². The molecule has 2 aromatic carbocycles. The van der Waals surface area contributed by atoms with Gasteiger partial charge in [0.25, 0.3) is 5.91 Å². The molecule has 1 aliphatic carbocycles. The average Bonchev–Trinajstić information content (AvgIpc) is 3.40. The molecule has 1 heterocycles. The maximum Gasteiger partial charge on any atom is 0.407 e. The number of carboxylic acids is 1. The molecule has 2 aliphatic rings. The Morgan fingerprint density at radius 1 is 1.09 bits per heavy atom. The van der Waals surface area contributed by atoms with E-state index in [4.69, 9.17) is 14.2 Å². The van der Waals surface area contributed by atoms with Crippen LogP contribution in [-0.2, 0) is 23.8 Å². The first-order valence-corrected chi connectivity index (χ1v) is 10.7. The number of aliphatic carboxylic acids is 1. The zero-order chi connectivity index (χ0) is 23.4. The molecule has 3 atom stereocenters. The van der Waals surface area contributed by atoms with E-state index < -0.39 is 36.2 Å². The minimum atomic E-state index is -1.22. The lowest BCUT2D eigenvalue weighted by Crippen LogP contribution is -2.53. The van der Waals surface area contributed by atoms with Crippen LogP contribution in [0, 0.1) is 0 Å². The van der Waals surface area contributed by atoms with Gasteiger partial charge in [-0.25, -0.2) is 9.59 Å². The summed E-state index contributed by atoms with van der Waals surface area (Å²) in [6.45, 7) is 0.228. The summed E-state index contributed by atoms with van der Waals surface area (Å²) in [5.41, 5.74) is 4.47. The van der Waals surface area contributed by atoms with Crippen LogP contribution in [0.15, 0.2) is 48.5 Å². The third-order valence-corrected chi connectivity index (χ3v) is 5.94. The number of carbonyl (C=O) groups excluding carboxylic acids is 2. The second kappa shape index (κ2) is 10.0. The first-order chi connectivity index (χ1) is 16.0. The average molecular weight is 454 g/mol. The lowest BCUT2D eigenvalue weighted by molar-refractivity contribution is -0.145. The molecule has 4 rings (SSSR count). The third kappa shape index (κ3) is 4.84. The van der Waals surface area contributed by atoms with Gasteiger partial charge in [0.2, 0.25) is 0 Å². The normalized spacial score (nSPS) is 19.9. The van der Waals surface area contributed by atoms with E-state index in [-0.39, 0.29) is 25.7 Å². The van der Waals surface area contributed by atoms with Crippen molar-refractivity contribution >= 4 is 18.0 Å². The van der Waals surface area contributed by atoms with Crippen molar-refractivity contribution in [1.82, 2.24) is 10.6 Å². The zero-order valence-electron chi connectivity index (χ0n) is 18.2. The summed E-state index contributed by atoms with van der Waals surface area (Å²) in [6.07, 6.45) is -1.26. The second-order valence-corrected chi connectivity index (χ2v) is 8.01. The fourth-order valence-electron chi connectivity index (χ4n) is 4.38. The Bertz CT molecular complexity index is 995. The molecule has 0 radical (unpaired) electrons. The molecular weight excluding hydrogens is 428 g/mol. The number of fused-ring (bicyclic) bond motifs is 3. The van der Waals surface area contributed by atoms with E-state index in [1.165, 1.54) is 7.11 Å². The van der Waals surface area contributed by atoms with Gasteiger partial charge in [0.05, 0.1) is 12.6 Å². The highest BCUT2D eigenvalue weighted by molar-refractivity contribution is 5.87. The standard InChI is InChI=1S/C24H26N2O7/c1-31-13-20(23(28)29)25-22(27)21-19(10-11-32-21)26-24(30)33-12-18-16-8-4-2-6-14(16)15-7-3-5-9-17(15)18/h2-9,18-21H,10-13H2,1H3,(H,25,27)(H,26,30)(H,28,29)/t19-,20?,21+/m0/s1. The number of alkyl carbamates (subject to hydrolysis) is 1. The van der Waals surface area contributed by atoms with E-state index in [1.807, 2.05) is 36.4 Å². The summed E-state index contributed by atoms with van der Waals surface area (Å²) in [4.78, 5) is 36.3. The first-order valence-electron chi connectivity index (χ1n) is 10.7. The van der Waals surface area contributed by atoms with Crippen molar-refractivity contribution in [2.24, 2.45) is 0 Å². The lowest BCUT2D eigenvalue weighted by atomic mass is 9.98. The number of methoxy groups -OCH3 is 1. The Morgan fingerprint density at radius 3 is 2.33 bits per heavy atom. The van der Waals surface area contributed by atoms with Gasteiger partial charge in [0.15, 0.2) is 12.1 Å². The van der Waals surface area contributed by atoms with Gasteiger partial charge >= 0.3 is 12.1 Å². The maximum atomic E-state index is 12.5. The van der Waals surface area contributed by atoms with Crippen LogP contribution in [-0.4, -0.2) is 68.2 Å². The fraction of sp³-hybridized carbons (Fsp3) is 0.375. The predicted octanol–water partition coefficient (Wildman–Crippen LogP) is 1.90. The van der Waals surface area contributed by atoms with Gasteiger partial charge in [-0.05, 0) is 28.7 Å². The molecular formula is C24H26N2O7. The van der Waals surface area contributed by atoms with Crippen LogP contribution in [0.3, 0.4) is 0 Å². The minimum absolute atomic E-state index is 0.0764. The molecule has 0 bridgehead atoms. The molecule has 2 aromatic rings. The Labute approximate surface area is 191 Å². The number of carbonyl (C=O) groups is 3. The molecule has 9 heteroatoms. The summed E-state index contributed by atoms with van der Waals surface area (Å²) >= 11 is 0. The molecule has 9 nitrogen and oxygen atoms in total. The van der Waals surface area contributed by atoms with Crippen LogP contribution >= 0.6 is 0 Å². The van der Waals surface area contributed by atoms with E-state index in [9.17, 15) is 19.5 Å². The van der Waals surface area contributed by atoms with Crippen molar-refractivity contribution in [3.8, 4) is 11.1 Å². The highest BCUT2D eigenvalue weighted by atomic mass is 16.6. The van der Waals surface area contributed by atoms with Gasteiger partial charge in [-0.15, -0.1) is 0 Å². The number of amides is 2. The Morgan fingerprint density at radius 2 is 1.73 bits per heavy atom. The van der Waals surface area contributed by atoms with Gasteiger partial charge < -0.3 is 30.0 Å². The summed E-state index contributed by atoms with van der Waals surface area (Å²) in [7, 11) is 1.34. The molecule has 1 aliphatic heterocycles. The van der Waals surface area contributed by atoms with E-state index in [1.54, 1.807) is 0 Å². The van der Waals surface area contributed by atoms with E-state index in [0.29, 0.717) is 6.42 Å². The van der Waals surface area contributed by atoms with Crippen molar-refractivity contribution in [1.29, 1.82) is 0 Å². The smallest absolute Gasteiger partial charge is 0.407 e. The van der Waals surface area contributed by atoms with Crippen LogP contribution in [0.2, 0.25) is 0 Å². The number of rotatable bonds is 8. The Kier molecular flexibility index (Phi) is 6.90. The molecule has 0 saturated carbocycles. The van der Waals surface area contributed by atoms with Crippen LogP contribution in [0.1, 0.15) is 23.5 Å². The SMILES string of the molecule is COCC(NC(=O)[C@@H]1OCC[C@@H]1NC(=O)OCC1c2ccccc2-c2ccccc21)C(=O)O. The molecule has 2 amide bonds. The fourth-order valence-corrected chi connectivity index (χ4v) is 4.38. The molecule has 33 heavy (non-hydrogen) atoms. The molecule has 3 N–H and O–H groups in total. The van der Waals surface area contributed by atoms with E-state index >= 15 is 0 Å². The number of benzene rings is 2. The van der Waals surface area contributed by atoms with Gasteiger partial charge in [-0.2, -0.15) is 0 Å². The summed E-state index contributed by atoms with van der Waals surface area (Å²) < 4.78 is 15.8. The number of hydrogen-bond acceptors (Lipinski definition) is 6. The predicted molar refractivity (Wildman–Crippen MR) is 118 cm³/mol. The van der Waals surface area contributed by atoms with Gasteiger partial charge in [-0.3, -0.25) is 4.79 Å². The Balaban J connectivity index is 1.36. The molecule has 174 valence electrons. The van der Waals surface area contributed by atoms with Crippen LogP contribution < -0.4 is 10.6 Å². The molecule has 0 aromatic heterocycles. The van der Waals surface area contributed by atoms with Crippen molar-refractivity contribution in [3.05, 3.63) is 59.7 Å². The van der Waals surface area contributed by atoms with Gasteiger partial charge in [0, 0.05) is 19.6 Å². The van der Waals surface area contributed by atoms with Crippen molar-refractivity contribution in [3.63, 3.8) is 0 Å². The first kappa shape index (κ1) is 22.8. The van der Waals surface area contributed by atoms with Gasteiger partial charge in [0.1, 0.15) is 6.61 Å². The van der Waals surface area contributed by atoms with Crippen LogP contribution in [0.4, 0.5) is 4.79 Å². The number of ether oxygens (including phenoxy) is 3. The maximum absolute atomic E-state index is 12.5. The molecule has 0 spiro atoms. The van der Waals surface area contributed by atoms with Gasteiger partial charge in [-0.1, -0.05) is 48.5 Å². The molecule has 1 fully saturated rings. The summed E-state index contributed by atoms with van der Waals surface area (Å²) in [5, 5.41) is 14.3. The largest absolute Gasteiger partial charge is 0.480 e. The van der Waals surface area contributed by atoms with Crippen molar-refractivity contribution < 1.29 is 33.7 Å². The molecule has 1 saturated heterocycles. The minimum Gasteiger partial charge on any atom is -0.480 e. The monoisotopic (exact) mass is 454 g/mol. The summed E-state index contributed by atoms with van der Waals surface area (Å²) in [6, 6.07) is 14.2. The third-order valence-electron chi connectivity index (χ3n) is 5.94. The number of hydrogen-bond donors (Lipinski definition) is 3.